The van der Waals surface area contributed by atoms with Crippen molar-refractivity contribution in [2.45, 2.75) is 6.42 Å². The van der Waals surface area contributed by atoms with Gasteiger partial charge >= 0.3 is 0 Å². The molecule has 0 unspecified atom stereocenters. The number of allylic oxidation sites excluding steroid dienone is 1. The van der Waals surface area contributed by atoms with Crippen molar-refractivity contribution in [3.63, 3.8) is 0 Å². The van der Waals surface area contributed by atoms with Crippen LogP contribution in [0, 0.1) is 0 Å². The van der Waals surface area contributed by atoms with Crippen molar-refractivity contribution < 1.29 is 19.8 Å². The molecule has 0 saturated heterocycles. The first-order valence-electron chi connectivity index (χ1n) is 10.5. The highest BCUT2D eigenvalue weighted by Crippen LogP contribution is 2.37. The predicted molar refractivity (Wildman–Crippen MR) is 129 cm³/mol. The van der Waals surface area contributed by atoms with E-state index in [0.717, 1.165) is 5.56 Å². The zero-order valence-electron chi connectivity index (χ0n) is 17.8. The molecule has 0 aromatic heterocycles. The van der Waals surface area contributed by atoms with Gasteiger partial charge in [-0.2, -0.15) is 0 Å². The summed E-state index contributed by atoms with van der Waals surface area (Å²) in [5.41, 5.74) is 1.78. The standard InChI is InChI=1S/C29H22O4/c30-26(21-14-6-2-7-15-21)24-19-25(27(31)22-16-8-3-9-17-22)29(33)23(28(24)32)18-10-13-20-11-4-1-5-12-20/h1-17,19,32-33H,18H2/b13-10+. The molecule has 4 aromatic rings. The number of hydrogen-bond donors (Lipinski definition) is 2. The lowest BCUT2D eigenvalue weighted by Crippen LogP contribution is -2.09. The van der Waals surface area contributed by atoms with E-state index in [0.29, 0.717) is 11.1 Å². The van der Waals surface area contributed by atoms with Crippen LogP contribution >= 0.6 is 0 Å². The first kappa shape index (κ1) is 21.8. The average Bonchev–Trinajstić information content (AvgIpc) is 2.87. The second-order valence-electron chi connectivity index (χ2n) is 7.55. The van der Waals surface area contributed by atoms with Crippen molar-refractivity contribution in [1.82, 2.24) is 0 Å². The SMILES string of the molecule is O=C(c1ccccc1)c1cc(C(=O)c2ccccc2)c(O)c(C/C=C/c2ccccc2)c1O. The Balaban J connectivity index is 1.81. The van der Waals surface area contributed by atoms with Gasteiger partial charge in [-0.1, -0.05) is 103 Å². The summed E-state index contributed by atoms with van der Waals surface area (Å²) in [7, 11) is 0. The fraction of sp³-hybridized carbons (Fsp3) is 0.0345. The number of hydrogen-bond acceptors (Lipinski definition) is 4. The van der Waals surface area contributed by atoms with E-state index < -0.39 is 11.6 Å². The number of rotatable bonds is 7. The lowest BCUT2D eigenvalue weighted by molar-refractivity contribution is 0.103. The lowest BCUT2D eigenvalue weighted by atomic mass is 9.91. The van der Waals surface area contributed by atoms with Gasteiger partial charge in [0.05, 0.1) is 11.1 Å². The smallest absolute Gasteiger partial charge is 0.196 e. The van der Waals surface area contributed by atoms with Crippen LogP contribution in [-0.2, 0) is 6.42 Å². The summed E-state index contributed by atoms with van der Waals surface area (Å²) >= 11 is 0. The summed E-state index contributed by atoms with van der Waals surface area (Å²) in [6, 6.07) is 27.9. The van der Waals surface area contributed by atoms with Gasteiger partial charge < -0.3 is 10.2 Å². The summed E-state index contributed by atoms with van der Waals surface area (Å²) in [6.07, 6.45) is 3.76. The van der Waals surface area contributed by atoms with Crippen LogP contribution in [0.4, 0.5) is 0 Å². The van der Waals surface area contributed by atoms with Crippen molar-refractivity contribution in [2.24, 2.45) is 0 Å². The molecule has 0 bridgehead atoms. The van der Waals surface area contributed by atoms with Gasteiger partial charge in [0.2, 0.25) is 0 Å². The number of carbonyl (C=O) groups is 2. The number of phenols is 2. The van der Waals surface area contributed by atoms with Crippen molar-refractivity contribution in [2.75, 3.05) is 0 Å². The molecule has 33 heavy (non-hydrogen) atoms. The first-order chi connectivity index (χ1) is 16.1. The van der Waals surface area contributed by atoms with Crippen LogP contribution in [0.1, 0.15) is 43.0 Å². The Morgan fingerprint density at radius 2 is 1.06 bits per heavy atom. The number of benzene rings is 4. The number of carbonyl (C=O) groups excluding carboxylic acids is 2. The van der Waals surface area contributed by atoms with Crippen LogP contribution in [0.15, 0.2) is 103 Å². The van der Waals surface area contributed by atoms with E-state index in [-0.39, 0.29) is 34.6 Å². The van der Waals surface area contributed by atoms with Crippen LogP contribution in [0.2, 0.25) is 0 Å². The molecule has 0 spiro atoms. The van der Waals surface area contributed by atoms with Gasteiger partial charge in [-0.05, 0) is 18.1 Å². The monoisotopic (exact) mass is 434 g/mol. The molecule has 0 atom stereocenters. The number of phenolic OH excluding ortho intramolecular Hbond substituents is 2. The molecule has 0 radical (unpaired) electrons. The summed E-state index contributed by atoms with van der Waals surface area (Å²) in [6.45, 7) is 0. The molecule has 2 N–H and O–H groups in total. The topological polar surface area (TPSA) is 74.6 Å². The van der Waals surface area contributed by atoms with E-state index in [2.05, 4.69) is 0 Å². The lowest BCUT2D eigenvalue weighted by Gasteiger charge is -2.14. The van der Waals surface area contributed by atoms with Gasteiger partial charge in [0.25, 0.3) is 0 Å². The maximum Gasteiger partial charge on any atom is 0.196 e. The van der Waals surface area contributed by atoms with Crippen molar-refractivity contribution in [3.8, 4) is 11.5 Å². The summed E-state index contributed by atoms with van der Waals surface area (Å²) in [5, 5.41) is 21.9. The Morgan fingerprint density at radius 1 is 0.636 bits per heavy atom. The molecule has 4 aromatic carbocycles. The molecule has 0 aliphatic heterocycles. The maximum atomic E-state index is 13.2. The van der Waals surface area contributed by atoms with Crippen molar-refractivity contribution in [1.29, 1.82) is 0 Å². The molecule has 0 saturated carbocycles. The fourth-order valence-corrected chi connectivity index (χ4v) is 3.62. The second-order valence-corrected chi connectivity index (χ2v) is 7.55. The van der Waals surface area contributed by atoms with Gasteiger partial charge in [0, 0.05) is 16.7 Å². The average molecular weight is 434 g/mol. The molecular formula is C29H22O4. The van der Waals surface area contributed by atoms with Crippen molar-refractivity contribution in [3.05, 3.63) is 137 Å². The number of aromatic hydroxyl groups is 2. The normalized spacial score (nSPS) is 10.9. The highest BCUT2D eigenvalue weighted by atomic mass is 16.3. The Kier molecular flexibility index (Phi) is 6.46. The van der Waals surface area contributed by atoms with E-state index in [1.54, 1.807) is 66.7 Å². The maximum absolute atomic E-state index is 13.2. The van der Waals surface area contributed by atoms with Crippen molar-refractivity contribution >= 4 is 17.6 Å². The molecule has 0 aliphatic rings. The van der Waals surface area contributed by atoms with Crippen LogP contribution in [0.5, 0.6) is 11.5 Å². The van der Waals surface area contributed by atoms with E-state index in [1.165, 1.54) is 6.07 Å². The molecular weight excluding hydrogens is 412 g/mol. The Morgan fingerprint density at radius 3 is 1.52 bits per heavy atom. The first-order valence-corrected chi connectivity index (χ1v) is 10.5. The Labute approximate surface area is 192 Å². The van der Waals surface area contributed by atoms with E-state index in [4.69, 9.17) is 0 Å². The molecule has 4 rings (SSSR count). The zero-order chi connectivity index (χ0) is 23.2. The third-order valence-electron chi connectivity index (χ3n) is 5.36. The zero-order valence-corrected chi connectivity index (χ0v) is 17.8. The molecule has 0 amide bonds. The molecule has 0 heterocycles. The quantitative estimate of drug-likeness (QED) is 0.360. The van der Waals surface area contributed by atoms with E-state index in [1.807, 2.05) is 36.4 Å². The molecule has 0 aliphatic carbocycles. The van der Waals surface area contributed by atoms with Crippen LogP contribution < -0.4 is 0 Å². The van der Waals surface area contributed by atoms with E-state index in [9.17, 15) is 19.8 Å². The second kappa shape index (κ2) is 9.79. The molecule has 4 nitrogen and oxygen atoms in total. The van der Waals surface area contributed by atoms with Gasteiger partial charge in [0.15, 0.2) is 11.6 Å². The largest absolute Gasteiger partial charge is 0.507 e. The predicted octanol–water partition coefficient (Wildman–Crippen LogP) is 5.82. The Hall–Kier alpha value is -4.44. The Bertz CT molecular complexity index is 1230. The summed E-state index contributed by atoms with van der Waals surface area (Å²) in [4.78, 5) is 26.3. The minimum atomic E-state index is -0.427. The number of ketones is 2. The third-order valence-corrected chi connectivity index (χ3v) is 5.36. The molecule has 4 heteroatoms. The third kappa shape index (κ3) is 4.75. The minimum absolute atomic E-state index is 0.0265. The van der Waals surface area contributed by atoms with Gasteiger partial charge in [-0.25, -0.2) is 0 Å². The van der Waals surface area contributed by atoms with Crippen LogP contribution in [-0.4, -0.2) is 21.8 Å². The summed E-state index contributed by atoms with van der Waals surface area (Å²) < 4.78 is 0. The van der Waals surface area contributed by atoms with Crippen LogP contribution in [0.25, 0.3) is 6.08 Å². The fourth-order valence-electron chi connectivity index (χ4n) is 3.62. The summed E-state index contributed by atoms with van der Waals surface area (Å²) in [5.74, 6) is -1.51. The van der Waals surface area contributed by atoms with Gasteiger partial charge in [-0.15, -0.1) is 0 Å². The van der Waals surface area contributed by atoms with Gasteiger partial charge in [-0.3, -0.25) is 9.59 Å². The van der Waals surface area contributed by atoms with Gasteiger partial charge in [0.1, 0.15) is 11.5 Å². The van der Waals surface area contributed by atoms with Crippen LogP contribution in [0.3, 0.4) is 0 Å². The highest BCUT2D eigenvalue weighted by Gasteiger charge is 2.25. The van der Waals surface area contributed by atoms with E-state index >= 15 is 0 Å². The molecule has 162 valence electrons. The molecule has 0 fully saturated rings. The highest BCUT2D eigenvalue weighted by molar-refractivity contribution is 6.16. The minimum Gasteiger partial charge on any atom is -0.507 e.